The molecule has 5 rings (SSSR count). The van der Waals surface area contributed by atoms with Crippen LogP contribution in [-0.4, -0.2) is 32.4 Å². The van der Waals surface area contributed by atoms with Gasteiger partial charge in [0.1, 0.15) is 11.7 Å². The molecule has 0 saturated carbocycles. The highest BCUT2D eigenvalue weighted by Crippen LogP contribution is 2.36. The average Bonchev–Trinajstić information content (AvgIpc) is 3.17. The molecule has 0 bridgehead atoms. The van der Waals surface area contributed by atoms with Gasteiger partial charge in [0, 0.05) is 22.2 Å². The quantitative estimate of drug-likeness (QED) is 0.269. The van der Waals surface area contributed by atoms with E-state index in [4.69, 9.17) is 33.2 Å². The van der Waals surface area contributed by atoms with Crippen LogP contribution in [0, 0.1) is 5.92 Å². The normalized spacial score (nSPS) is 15.9. The summed E-state index contributed by atoms with van der Waals surface area (Å²) in [6.45, 7) is 9.71. The highest BCUT2D eigenvalue weighted by atomic mass is 35.5. The largest absolute Gasteiger partial charge is 0.344 e. The Bertz CT molecular complexity index is 1530. The van der Waals surface area contributed by atoms with E-state index in [9.17, 15) is 4.79 Å². The molecule has 0 fully saturated rings. The van der Waals surface area contributed by atoms with Crippen LogP contribution in [-0.2, 0) is 6.54 Å². The lowest BCUT2D eigenvalue weighted by Gasteiger charge is -2.35. The van der Waals surface area contributed by atoms with Crippen molar-refractivity contribution in [2.75, 3.05) is 6.54 Å². The number of halogens is 2. The Balaban J connectivity index is 1.72. The lowest BCUT2D eigenvalue weighted by atomic mass is 9.98. The number of nitrogens with zero attached hydrogens (tertiary/aromatic N) is 4. The molecule has 37 heavy (non-hydrogen) atoms. The molecule has 3 aromatic carbocycles. The fourth-order valence-electron chi connectivity index (χ4n) is 5.09. The first-order valence-electron chi connectivity index (χ1n) is 12.5. The minimum absolute atomic E-state index is 0.0744. The molecule has 4 aromatic rings. The van der Waals surface area contributed by atoms with E-state index in [1.54, 1.807) is 18.2 Å². The fourth-order valence-corrected chi connectivity index (χ4v) is 5.38. The number of aliphatic imine (C=N–C) groups is 1. The smallest absolute Gasteiger partial charge is 0.261 e. The van der Waals surface area contributed by atoms with Gasteiger partial charge in [-0.2, -0.15) is 0 Å². The van der Waals surface area contributed by atoms with Crippen LogP contribution in [0.2, 0.25) is 10.0 Å². The van der Waals surface area contributed by atoms with Crippen LogP contribution in [0.5, 0.6) is 0 Å². The van der Waals surface area contributed by atoms with E-state index in [0.717, 1.165) is 17.0 Å². The molecule has 0 spiro atoms. The summed E-state index contributed by atoms with van der Waals surface area (Å²) in [6.07, 6.45) is 0. The van der Waals surface area contributed by atoms with Gasteiger partial charge in [0.15, 0.2) is 0 Å². The first kappa shape index (κ1) is 25.5. The molecule has 1 aliphatic heterocycles. The first-order valence-corrected chi connectivity index (χ1v) is 13.2. The number of rotatable bonds is 6. The molecule has 0 saturated heterocycles. The SMILES string of the molecule is CC(C)C(c1nc2cc(Cl)ccc2c(=O)n1Cc1ccccc1)N1CC(C)(C)N=C1c1ccc(Cl)cc1. The van der Waals surface area contributed by atoms with Gasteiger partial charge in [0.05, 0.1) is 29.0 Å². The zero-order chi connectivity index (χ0) is 26.3. The van der Waals surface area contributed by atoms with Crippen LogP contribution in [0.15, 0.2) is 82.6 Å². The third kappa shape index (κ3) is 5.16. The van der Waals surface area contributed by atoms with Crippen molar-refractivity contribution in [3.8, 4) is 0 Å². The topological polar surface area (TPSA) is 50.5 Å². The van der Waals surface area contributed by atoms with Crippen LogP contribution in [0.4, 0.5) is 0 Å². The van der Waals surface area contributed by atoms with Gasteiger partial charge in [-0.05, 0) is 67.8 Å². The van der Waals surface area contributed by atoms with Crippen LogP contribution < -0.4 is 5.56 Å². The molecule has 1 atom stereocenters. The van der Waals surface area contributed by atoms with Gasteiger partial charge >= 0.3 is 0 Å². The summed E-state index contributed by atoms with van der Waals surface area (Å²) < 4.78 is 1.82. The molecule has 0 amide bonds. The number of hydrogen-bond acceptors (Lipinski definition) is 4. The molecular formula is C30H30Cl2N4O. The van der Waals surface area contributed by atoms with Crippen molar-refractivity contribution in [3.05, 3.63) is 110 Å². The molecule has 0 radical (unpaired) electrons. The summed E-state index contributed by atoms with van der Waals surface area (Å²) in [5.74, 6) is 1.72. The Morgan fingerprint density at radius 2 is 1.62 bits per heavy atom. The van der Waals surface area contributed by atoms with Crippen molar-refractivity contribution in [2.45, 2.75) is 45.8 Å². The van der Waals surface area contributed by atoms with E-state index in [2.05, 4.69) is 32.6 Å². The minimum atomic E-state index is -0.299. The molecule has 1 aromatic heterocycles. The van der Waals surface area contributed by atoms with Crippen molar-refractivity contribution in [1.29, 1.82) is 0 Å². The summed E-state index contributed by atoms with van der Waals surface area (Å²) in [5, 5.41) is 1.79. The minimum Gasteiger partial charge on any atom is -0.344 e. The third-order valence-electron chi connectivity index (χ3n) is 6.70. The number of fused-ring (bicyclic) bond motifs is 1. The monoisotopic (exact) mass is 532 g/mol. The van der Waals surface area contributed by atoms with Gasteiger partial charge in [0.2, 0.25) is 0 Å². The van der Waals surface area contributed by atoms with Crippen LogP contribution in [0.1, 0.15) is 50.7 Å². The Morgan fingerprint density at radius 1 is 0.946 bits per heavy atom. The van der Waals surface area contributed by atoms with Crippen LogP contribution in [0.25, 0.3) is 10.9 Å². The summed E-state index contributed by atoms with van der Waals surface area (Å²) in [7, 11) is 0. The molecule has 1 aliphatic rings. The molecule has 2 heterocycles. The predicted octanol–water partition coefficient (Wildman–Crippen LogP) is 6.99. The molecule has 5 nitrogen and oxygen atoms in total. The molecule has 1 unspecified atom stereocenters. The summed E-state index contributed by atoms with van der Waals surface area (Å²) in [5.41, 5.74) is 2.26. The average molecular weight is 534 g/mol. The van der Waals surface area contributed by atoms with E-state index >= 15 is 0 Å². The molecule has 190 valence electrons. The second kappa shape index (κ2) is 9.96. The highest BCUT2D eigenvalue weighted by Gasteiger charge is 2.39. The zero-order valence-corrected chi connectivity index (χ0v) is 23.0. The Labute approximate surface area is 227 Å². The summed E-state index contributed by atoms with van der Waals surface area (Å²) in [6, 6.07) is 22.9. The molecule has 0 N–H and O–H groups in total. The highest BCUT2D eigenvalue weighted by molar-refractivity contribution is 6.31. The number of benzene rings is 3. The van der Waals surface area contributed by atoms with E-state index < -0.39 is 0 Å². The van der Waals surface area contributed by atoms with E-state index in [1.165, 1.54) is 0 Å². The number of aromatic nitrogens is 2. The molecular weight excluding hydrogens is 503 g/mol. The van der Waals surface area contributed by atoms with Crippen molar-refractivity contribution < 1.29 is 0 Å². The summed E-state index contributed by atoms with van der Waals surface area (Å²) in [4.78, 5) is 26.5. The van der Waals surface area contributed by atoms with Gasteiger partial charge in [-0.25, -0.2) is 4.98 Å². The zero-order valence-electron chi connectivity index (χ0n) is 21.5. The Kier molecular flexibility index (Phi) is 6.86. The van der Waals surface area contributed by atoms with Crippen molar-refractivity contribution in [3.63, 3.8) is 0 Å². The Morgan fingerprint density at radius 3 is 2.30 bits per heavy atom. The molecule has 7 heteroatoms. The van der Waals surface area contributed by atoms with Gasteiger partial charge in [-0.1, -0.05) is 67.4 Å². The maximum Gasteiger partial charge on any atom is 0.261 e. The van der Waals surface area contributed by atoms with E-state index in [-0.39, 0.29) is 23.1 Å². The standard InChI is InChI=1S/C30H30Cl2N4O/c1-19(2)26(36-18-30(3,4)34-27(36)21-10-12-22(31)13-11-21)28-33-25-16-23(32)14-15-24(25)29(37)35(28)17-20-8-6-5-7-9-20/h5-16,19,26H,17-18H2,1-4H3. The van der Waals surface area contributed by atoms with Crippen LogP contribution in [0.3, 0.4) is 0 Å². The van der Waals surface area contributed by atoms with E-state index in [0.29, 0.717) is 39.9 Å². The predicted molar refractivity (Wildman–Crippen MR) is 153 cm³/mol. The summed E-state index contributed by atoms with van der Waals surface area (Å²) >= 11 is 12.5. The van der Waals surface area contributed by atoms with Gasteiger partial charge in [-0.15, -0.1) is 0 Å². The van der Waals surface area contributed by atoms with Crippen molar-refractivity contribution >= 4 is 39.9 Å². The Hall–Kier alpha value is -3.15. The van der Waals surface area contributed by atoms with Crippen molar-refractivity contribution in [1.82, 2.24) is 14.5 Å². The lowest BCUT2D eigenvalue weighted by Crippen LogP contribution is -2.42. The number of hydrogen-bond donors (Lipinski definition) is 0. The fraction of sp³-hybridized carbons (Fsp3) is 0.300. The van der Waals surface area contributed by atoms with Gasteiger partial charge < -0.3 is 4.90 Å². The molecule has 0 aliphatic carbocycles. The van der Waals surface area contributed by atoms with E-state index in [1.807, 2.05) is 59.2 Å². The maximum absolute atomic E-state index is 13.9. The maximum atomic E-state index is 13.9. The second-order valence-electron chi connectivity index (χ2n) is 10.6. The van der Waals surface area contributed by atoms with Gasteiger partial charge in [-0.3, -0.25) is 14.4 Å². The van der Waals surface area contributed by atoms with Crippen molar-refractivity contribution in [2.24, 2.45) is 10.9 Å². The second-order valence-corrected chi connectivity index (χ2v) is 11.5. The van der Waals surface area contributed by atoms with Gasteiger partial charge in [0.25, 0.3) is 5.56 Å². The number of amidine groups is 1. The lowest BCUT2D eigenvalue weighted by molar-refractivity contribution is 0.225. The third-order valence-corrected chi connectivity index (χ3v) is 7.19. The first-order chi connectivity index (χ1) is 17.6. The van der Waals surface area contributed by atoms with Crippen LogP contribution >= 0.6 is 23.2 Å².